The number of nitrogens with zero attached hydrogens (tertiary/aromatic N) is 2. The van der Waals surface area contributed by atoms with Gasteiger partial charge in [-0.05, 0) is 24.6 Å². The predicted molar refractivity (Wildman–Crippen MR) is 85.5 cm³/mol. The van der Waals surface area contributed by atoms with Crippen molar-refractivity contribution in [2.75, 3.05) is 0 Å². The Bertz CT molecular complexity index is 878. The summed E-state index contributed by atoms with van der Waals surface area (Å²) in [6, 6.07) is 15.0. The molecule has 3 aromatic rings. The van der Waals surface area contributed by atoms with Crippen LogP contribution in [0.15, 0.2) is 48.5 Å². The van der Waals surface area contributed by atoms with Gasteiger partial charge in [0.2, 0.25) is 5.78 Å². The number of carbonyl (C=O) groups excluding carboxylic acids is 2. The van der Waals surface area contributed by atoms with Gasteiger partial charge in [0, 0.05) is 12.3 Å². The van der Waals surface area contributed by atoms with E-state index in [0.29, 0.717) is 11.3 Å². The van der Waals surface area contributed by atoms with Crippen LogP contribution >= 0.6 is 0 Å². The van der Waals surface area contributed by atoms with Crippen LogP contribution in [0.2, 0.25) is 0 Å². The van der Waals surface area contributed by atoms with Gasteiger partial charge in [-0.3, -0.25) is 9.59 Å². The van der Waals surface area contributed by atoms with Crippen molar-refractivity contribution in [2.24, 2.45) is 0 Å². The molecule has 0 N–H and O–H groups in total. The van der Waals surface area contributed by atoms with Crippen LogP contribution in [-0.2, 0) is 11.2 Å². The van der Waals surface area contributed by atoms with Crippen molar-refractivity contribution < 1.29 is 9.59 Å². The molecule has 0 aliphatic rings. The molecule has 1 aromatic heterocycles. The number of hydrogen-bond donors (Lipinski definition) is 0. The van der Waals surface area contributed by atoms with E-state index in [1.165, 1.54) is 6.92 Å². The van der Waals surface area contributed by atoms with Crippen molar-refractivity contribution in [3.05, 3.63) is 59.8 Å². The summed E-state index contributed by atoms with van der Waals surface area (Å²) < 4.78 is 1.75. The second-order valence-corrected chi connectivity index (χ2v) is 5.13. The highest BCUT2D eigenvalue weighted by atomic mass is 16.2. The summed E-state index contributed by atoms with van der Waals surface area (Å²) in [5, 5.41) is 5.70. The number of hydrogen-bond acceptors (Lipinski definition) is 3. The lowest BCUT2D eigenvalue weighted by atomic mass is 10.1. The molecule has 0 amide bonds. The average molecular weight is 292 g/mol. The Morgan fingerprint density at radius 2 is 1.73 bits per heavy atom. The molecule has 0 aliphatic carbocycles. The van der Waals surface area contributed by atoms with Crippen LogP contribution < -0.4 is 0 Å². The molecule has 2 aromatic carbocycles. The fourth-order valence-electron chi connectivity index (χ4n) is 2.62. The first-order valence-corrected chi connectivity index (χ1v) is 7.24. The van der Waals surface area contributed by atoms with E-state index in [4.69, 9.17) is 0 Å². The van der Waals surface area contributed by atoms with Gasteiger partial charge in [-0.25, -0.2) is 4.68 Å². The zero-order valence-electron chi connectivity index (χ0n) is 12.5. The lowest BCUT2D eigenvalue weighted by Crippen LogP contribution is -2.14. The lowest BCUT2D eigenvalue weighted by molar-refractivity contribution is -0.113. The van der Waals surface area contributed by atoms with Gasteiger partial charge >= 0.3 is 0 Å². The standard InChI is InChI=1S/C18H16N2O2/c1-3-15-13-8-4-6-10-16(13)20(19-15)17-11-7-5-9-14(17)18(22)12(2)21/h4-11H,3H2,1-2H3. The lowest BCUT2D eigenvalue weighted by Gasteiger charge is -2.08. The van der Waals surface area contributed by atoms with E-state index >= 15 is 0 Å². The number of ketones is 2. The zero-order chi connectivity index (χ0) is 15.7. The normalized spacial score (nSPS) is 10.8. The molecule has 0 atom stereocenters. The molecule has 0 fully saturated rings. The maximum absolute atomic E-state index is 12.2. The monoisotopic (exact) mass is 292 g/mol. The van der Waals surface area contributed by atoms with E-state index in [0.717, 1.165) is 23.0 Å². The first-order valence-electron chi connectivity index (χ1n) is 7.24. The van der Waals surface area contributed by atoms with Crippen molar-refractivity contribution in [2.45, 2.75) is 20.3 Å². The summed E-state index contributed by atoms with van der Waals surface area (Å²) in [4.78, 5) is 23.6. The van der Waals surface area contributed by atoms with Crippen LogP contribution in [0.4, 0.5) is 0 Å². The summed E-state index contributed by atoms with van der Waals surface area (Å²) in [5.41, 5.74) is 2.92. The van der Waals surface area contributed by atoms with E-state index < -0.39 is 11.6 Å². The molecule has 22 heavy (non-hydrogen) atoms. The van der Waals surface area contributed by atoms with Gasteiger partial charge in [0.25, 0.3) is 0 Å². The fraction of sp³-hybridized carbons (Fsp3) is 0.167. The van der Waals surface area contributed by atoms with Crippen LogP contribution in [0.5, 0.6) is 0 Å². The number of aromatic nitrogens is 2. The van der Waals surface area contributed by atoms with Crippen molar-refractivity contribution in [1.29, 1.82) is 0 Å². The van der Waals surface area contributed by atoms with Crippen LogP contribution in [0, 0.1) is 0 Å². The van der Waals surface area contributed by atoms with Crippen molar-refractivity contribution in [3.63, 3.8) is 0 Å². The molecule has 0 saturated heterocycles. The van der Waals surface area contributed by atoms with Crippen LogP contribution in [0.1, 0.15) is 29.9 Å². The van der Waals surface area contributed by atoms with Gasteiger partial charge in [0.1, 0.15) is 0 Å². The van der Waals surface area contributed by atoms with Crippen molar-refractivity contribution in [3.8, 4) is 5.69 Å². The Hall–Kier alpha value is -2.75. The highest BCUT2D eigenvalue weighted by Crippen LogP contribution is 2.24. The molecule has 0 saturated carbocycles. The number of rotatable bonds is 4. The first kappa shape index (κ1) is 14.2. The van der Waals surface area contributed by atoms with E-state index in [9.17, 15) is 9.59 Å². The molecule has 0 aliphatic heterocycles. The van der Waals surface area contributed by atoms with Gasteiger partial charge in [0.05, 0.1) is 22.5 Å². The highest BCUT2D eigenvalue weighted by molar-refractivity contribution is 6.43. The summed E-state index contributed by atoms with van der Waals surface area (Å²) in [6.45, 7) is 3.34. The Morgan fingerprint density at radius 1 is 1.05 bits per heavy atom. The highest BCUT2D eigenvalue weighted by Gasteiger charge is 2.19. The number of aryl methyl sites for hydroxylation is 1. The molecule has 0 bridgehead atoms. The number of fused-ring (bicyclic) bond motifs is 1. The fourth-order valence-corrected chi connectivity index (χ4v) is 2.62. The summed E-state index contributed by atoms with van der Waals surface area (Å²) in [7, 11) is 0. The minimum absolute atomic E-state index is 0.380. The van der Waals surface area contributed by atoms with Crippen LogP contribution in [0.25, 0.3) is 16.6 Å². The minimum Gasteiger partial charge on any atom is -0.291 e. The second kappa shape index (κ2) is 5.56. The average Bonchev–Trinajstić information content (AvgIpc) is 2.93. The minimum atomic E-state index is -0.492. The van der Waals surface area contributed by atoms with Crippen molar-refractivity contribution in [1.82, 2.24) is 9.78 Å². The summed E-state index contributed by atoms with van der Waals surface area (Å²) in [6.07, 6.45) is 0.802. The molecule has 1 heterocycles. The van der Waals surface area contributed by atoms with E-state index in [1.807, 2.05) is 43.3 Å². The summed E-state index contributed by atoms with van der Waals surface area (Å²) >= 11 is 0. The number of Topliss-reactive ketones (excluding diaryl/α,β-unsaturated/α-hetero) is 2. The van der Waals surface area contributed by atoms with Gasteiger partial charge in [-0.15, -0.1) is 0 Å². The van der Waals surface area contributed by atoms with Crippen LogP contribution in [-0.4, -0.2) is 21.3 Å². The largest absolute Gasteiger partial charge is 0.291 e. The van der Waals surface area contributed by atoms with Gasteiger partial charge in [-0.2, -0.15) is 5.10 Å². The van der Waals surface area contributed by atoms with Crippen LogP contribution in [0.3, 0.4) is 0 Å². The van der Waals surface area contributed by atoms with Gasteiger partial charge < -0.3 is 0 Å². The second-order valence-electron chi connectivity index (χ2n) is 5.13. The molecule has 0 radical (unpaired) electrons. The maximum Gasteiger partial charge on any atom is 0.230 e. The van der Waals surface area contributed by atoms with E-state index in [2.05, 4.69) is 5.10 Å². The molecular formula is C18H16N2O2. The van der Waals surface area contributed by atoms with Crippen molar-refractivity contribution >= 4 is 22.5 Å². The molecular weight excluding hydrogens is 276 g/mol. The van der Waals surface area contributed by atoms with E-state index in [1.54, 1.807) is 16.8 Å². The smallest absolute Gasteiger partial charge is 0.230 e. The number of carbonyl (C=O) groups is 2. The Kier molecular flexibility index (Phi) is 3.59. The molecule has 0 spiro atoms. The SMILES string of the molecule is CCc1nn(-c2ccccc2C(=O)C(C)=O)c2ccccc12. The third-order valence-electron chi connectivity index (χ3n) is 3.70. The van der Waals surface area contributed by atoms with Gasteiger partial charge in [0.15, 0.2) is 5.78 Å². The quantitative estimate of drug-likeness (QED) is 0.547. The third kappa shape index (κ3) is 2.22. The Labute approximate surface area is 128 Å². The predicted octanol–water partition coefficient (Wildman–Crippen LogP) is 3.36. The molecule has 0 unspecified atom stereocenters. The topological polar surface area (TPSA) is 52.0 Å². The Morgan fingerprint density at radius 3 is 2.45 bits per heavy atom. The molecule has 3 rings (SSSR count). The molecule has 110 valence electrons. The van der Waals surface area contributed by atoms with E-state index in [-0.39, 0.29) is 0 Å². The Balaban J connectivity index is 2.29. The first-order chi connectivity index (χ1) is 10.6. The number of para-hydroxylation sites is 2. The third-order valence-corrected chi connectivity index (χ3v) is 3.70. The van der Waals surface area contributed by atoms with Gasteiger partial charge in [-0.1, -0.05) is 37.3 Å². The molecule has 4 heteroatoms. The molecule has 4 nitrogen and oxygen atoms in total. The summed E-state index contributed by atoms with van der Waals surface area (Å²) in [5.74, 6) is -0.965. The maximum atomic E-state index is 12.2. The zero-order valence-corrected chi connectivity index (χ0v) is 12.5. The number of benzene rings is 2.